The highest BCUT2D eigenvalue weighted by Crippen LogP contribution is 2.65. The molecular weight excluding hydrogens is 554 g/mol. The average molecular weight is 573 g/mol. The van der Waals surface area contributed by atoms with Gasteiger partial charge in [0.05, 0.1) is 22.6 Å². The van der Waals surface area contributed by atoms with Gasteiger partial charge in [0.15, 0.2) is 0 Å². The molecule has 3 N–H and O–H groups in total. The Bertz CT molecular complexity index is 1290. The van der Waals surface area contributed by atoms with Crippen molar-refractivity contribution < 1.29 is 14.7 Å². The molecule has 1 aliphatic carbocycles. The zero-order valence-electron chi connectivity index (χ0n) is 18.2. The number of aliphatic hydroxyl groups is 1. The molecule has 0 bridgehead atoms. The van der Waals surface area contributed by atoms with Crippen LogP contribution in [0.15, 0.2) is 60.7 Å². The van der Waals surface area contributed by atoms with E-state index in [0.29, 0.717) is 32.5 Å². The molecule has 0 aromatic heterocycles. The molecule has 5 nitrogen and oxygen atoms in total. The van der Waals surface area contributed by atoms with Crippen molar-refractivity contribution in [2.45, 2.75) is 23.3 Å². The van der Waals surface area contributed by atoms with Crippen LogP contribution in [0, 0.1) is 5.92 Å². The highest BCUT2D eigenvalue weighted by atomic mass is 35.5. The van der Waals surface area contributed by atoms with E-state index in [0.717, 1.165) is 0 Å². The van der Waals surface area contributed by atoms with Gasteiger partial charge in [-0.15, -0.1) is 23.2 Å². The summed E-state index contributed by atoms with van der Waals surface area (Å²) in [5.74, 6) is -2.19. The van der Waals surface area contributed by atoms with Gasteiger partial charge in [0.25, 0.3) is 5.91 Å². The van der Waals surface area contributed by atoms with Crippen LogP contribution in [-0.2, 0) is 4.79 Å². The first-order valence-corrected chi connectivity index (χ1v) is 12.4. The standard InChI is InChI=1S/C25H19Cl5N2O3/c1-12(33)17-4-2-3-5-20(17)32-23(34)18-11-16(6-7-19(18)28)31-24(35)22-21(25(22,29)30)13-8-14(26)10-15(27)9-13/h2-12,21-22,33H,1H3,(H,31,35)(H,32,34). The minimum atomic E-state index is -1.34. The van der Waals surface area contributed by atoms with E-state index in [2.05, 4.69) is 10.6 Å². The Labute approximate surface area is 227 Å². The molecule has 4 rings (SSSR count). The van der Waals surface area contributed by atoms with Crippen LogP contribution in [0.3, 0.4) is 0 Å². The molecule has 3 aromatic rings. The van der Waals surface area contributed by atoms with Crippen molar-refractivity contribution in [1.29, 1.82) is 0 Å². The number of hydrogen-bond acceptors (Lipinski definition) is 3. The topological polar surface area (TPSA) is 78.4 Å². The zero-order valence-corrected chi connectivity index (χ0v) is 21.9. The van der Waals surface area contributed by atoms with Crippen LogP contribution in [0.1, 0.15) is 40.4 Å². The number of benzene rings is 3. The zero-order chi connectivity index (χ0) is 25.5. The summed E-state index contributed by atoms with van der Waals surface area (Å²) in [7, 11) is 0. The molecule has 0 spiro atoms. The van der Waals surface area contributed by atoms with Crippen LogP contribution >= 0.6 is 58.0 Å². The van der Waals surface area contributed by atoms with Gasteiger partial charge in [-0.25, -0.2) is 0 Å². The van der Waals surface area contributed by atoms with Crippen LogP contribution < -0.4 is 10.6 Å². The van der Waals surface area contributed by atoms with Gasteiger partial charge in [-0.1, -0.05) is 53.0 Å². The van der Waals surface area contributed by atoms with Gasteiger partial charge < -0.3 is 15.7 Å². The van der Waals surface area contributed by atoms with E-state index in [1.165, 1.54) is 12.1 Å². The van der Waals surface area contributed by atoms with E-state index in [4.69, 9.17) is 58.0 Å². The number of alkyl halides is 2. The fourth-order valence-electron chi connectivity index (χ4n) is 3.98. The summed E-state index contributed by atoms with van der Waals surface area (Å²) in [5, 5.41) is 16.5. The van der Waals surface area contributed by atoms with Crippen LogP contribution in [0.5, 0.6) is 0 Å². The van der Waals surface area contributed by atoms with E-state index < -0.39 is 34.1 Å². The average Bonchev–Trinajstić information content (AvgIpc) is 3.36. The molecule has 3 aromatic carbocycles. The van der Waals surface area contributed by atoms with E-state index in [1.807, 2.05) is 0 Å². The number of para-hydroxylation sites is 1. The summed E-state index contributed by atoms with van der Waals surface area (Å²) >= 11 is 31.3. The third-order valence-electron chi connectivity index (χ3n) is 5.72. The maximum Gasteiger partial charge on any atom is 0.257 e. The number of carbonyl (C=O) groups excluding carboxylic acids is 2. The lowest BCUT2D eigenvalue weighted by Gasteiger charge is -2.14. The first kappa shape index (κ1) is 26.1. The van der Waals surface area contributed by atoms with E-state index in [9.17, 15) is 14.7 Å². The third-order valence-corrected chi connectivity index (χ3v) is 7.42. The molecular formula is C25H19Cl5N2O3. The molecule has 182 valence electrons. The third kappa shape index (κ3) is 5.56. The van der Waals surface area contributed by atoms with Crippen molar-refractivity contribution in [2.75, 3.05) is 10.6 Å². The molecule has 3 unspecified atom stereocenters. The second-order valence-electron chi connectivity index (χ2n) is 8.23. The van der Waals surface area contributed by atoms with Gasteiger partial charge in [-0.05, 0) is 55.0 Å². The lowest BCUT2D eigenvalue weighted by Crippen LogP contribution is -2.18. The largest absolute Gasteiger partial charge is 0.389 e. The lowest BCUT2D eigenvalue weighted by atomic mass is 10.1. The Kier molecular flexibility index (Phi) is 7.58. The van der Waals surface area contributed by atoms with Crippen molar-refractivity contribution in [3.8, 4) is 0 Å². The van der Waals surface area contributed by atoms with Gasteiger partial charge in [-0.3, -0.25) is 9.59 Å². The van der Waals surface area contributed by atoms with Crippen LogP contribution in [-0.4, -0.2) is 21.3 Å². The first-order valence-electron chi connectivity index (χ1n) is 10.5. The van der Waals surface area contributed by atoms with E-state index >= 15 is 0 Å². The SMILES string of the molecule is CC(O)c1ccccc1NC(=O)c1cc(NC(=O)C2C(c3cc(Cl)cc(Cl)c3)C2(Cl)Cl)ccc1Cl. The molecule has 1 fully saturated rings. The van der Waals surface area contributed by atoms with Gasteiger partial charge in [0.2, 0.25) is 5.91 Å². The van der Waals surface area contributed by atoms with Crippen molar-refractivity contribution in [2.24, 2.45) is 5.92 Å². The quantitative estimate of drug-likeness (QED) is 0.268. The predicted molar refractivity (Wildman–Crippen MR) is 142 cm³/mol. The minimum absolute atomic E-state index is 0.141. The molecule has 3 atom stereocenters. The van der Waals surface area contributed by atoms with Crippen molar-refractivity contribution in [1.82, 2.24) is 0 Å². The maximum absolute atomic E-state index is 13.0. The Morgan fingerprint density at radius 2 is 1.60 bits per heavy atom. The summed E-state index contributed by atoms with van der Waals surface area (Å²) in [5.41, 5.74) is 2.14. The second-order valence-corrected chi connectivity index (χ2v) is 11.0. The fraction of sp³-hybridized carbons (Fsp3) is 0.200. The first-order chi connectivity index (χ1) is 16.5. The van der Waals surface area contributed by atoms with Gasteiger partial charge in [0.1, 0.15) is 4.33 Å². The normalized spacial score (nSPS) is 19.1. The number of nitrogens with one attached hydrogen (secondary N) is 2. The van der Waals surface area contributed by atoms with Crippen molar-refractivity contribution in [3.05, 3.63) is 92.4 Å². The highest BCUT2D eigenvalue weighted by molar-refractivity contribution is 6.53. The van der Waals surface area contributed by atoms with Gasteiger partial charge in [0, 0.05) is 32.9 Å². The lowest BCUT2D eigenvalue weighted by molar-refractivity contribution is -0.117. The Morgan fingerprint density at radius 3 is 2.26 bits per heavy atom. The molecule has 1 aliphatic rings. The maximum atomic E-state index is 13.0. The number of amides is 2. The van der Waals surface area contributed by atoms with Gasteiger partial charge in [-0.2, -0.15) is 0 Å². The monoisotopic (exact) mass is 570 g/mol. The molecule has 0 aliphatic heterocycles. The van der Waals surface area contributed by atoms with Crippen molar-refractivity contribution in [3.63, 3.8) is 0 Å². The second kappa shape index (κ2) is 10.2. The van der Waals surface area contributed by atoms with Crippen LogP contribution in [0.2, 0.25) is 15.1 Å². The van der Waals surface area contributed by atoms with Crippen LogP contribution in [0.25, 0.3) is 0 Å². The summed E-state index contributed by atoms with van der Waals surface area (Å²) < 4.78 is -1.34. The Morgan fingerprint density at radius 1 is 0.943 bits per heavy atom. The Balaban J connectivity index is 1.52. The van der Waals surface area contributed by atoms with E-state index in [-0.39, 0.29) is 10.6 Å². The number of aliphatic hydroxyl groups excluding tert-OH is 1. The number of anilines is 2. The molecule has 2 amide bonds. The fourth-order valence-corrected chi connectivity index (χ4v) is 5.56. The molecule has 1 saturated carbocycles. The molecule has 35 heavy (non-hydrogen) atoms. The molecule has 10 heteroatoms. The highest BCUT2D eigenvalue weighted by Gasteiger charge is 2.67. The van der Waals surface area contributed by atoms with E-state index in [1.54, 1.807) is 55.5 Å². The van der Waals surface area contributed by atoms with Gasteiger partial charge >= 0.3 is 0 Å². The van der Waals surface area contributed by atoms with Crippen LogP contribution in [0.4, 0.5) is 11.4 Å². The number of carbonyl (C=O) groups is 2. The number of rotatable bonds is 6. The summed E-state index contributed by atoms with van der Waals surface area (Å²) in [6, 6.07) is 16.3. The summed E-state index contributed by atoms with van der Waals surface area (Å²) in [4.78, 5) is 26.0. The summed E-state index contributed by atoms with van der Waals surface area (Å²) in [6.07, 6.45) is -0.778. The predicted octanol–water partition coefficient (Wildman–Crippen LogP) is 7.48. The van der Waals surface area contributed by atoms with Crippen molar-refractivity contribution >= 4 is 81.2 Å². The minimum Gasteiger partial charge on any atom is -0.389 e. The number of hydrogen-bond donors (Lipinski definition) is 3. The smallest absolute Gasteiger partial charge is 0.257 e. The molecule has 0 heterocycles. The summed E-state index contributed by atoms with van der Waals surface area (Å²) in [6.45, 7) is 1.60. The Hall–Kier alpha value is -1.99. The molecule has 0 saturated heterocycles. The molecule has 0 radical (unpaired) electrons. The number of halogens is 5.